The van der Waals surface area contributed by atoms with Gasteiger partial charge in [0.2, 0.25) is 5.75 Å². The maximum absolute atomic E-state index is 12.8. The first-order chi connectivity index (χ1) is 16.2. The van der Waals surface area contributed by atoms with Crippen LogP contribution in [-0.2, 0) is 6.42 Å². The molecule has 0 bridgehead atoms. The molecule has 1 N–H and O–H groups in total. The van der Waals surface area contributed by atoms with Crippen molar-refractivity contribution in [1.29, 1.82) is 5.26 Å². The Balaban J connectivity index is 1.80. The van der Waals surface area contributed by atoms with Gasteiger partial charge in [-0.15, -0.1) is 0 Å². The normalized spacial score (nSPS) is 14.2. The highest BCUT2D eigenvalue weighted by molar-refractivity contribution is 5.99. The van der Waals surface area contributed by atoms with Crippen molar-refractivity contribution in [2.24, 2.45) is 5.41 Å². The van der Waals surface area contributed by atoms with Crippen molar-refractivity contribution < 1.29 is 19.0 Å². The van der Waals surface area contributed by atoms with E-state index in [4.69, 9.17) is 14.2 Å². The molecule has 1 heterocycles. The second-order valence-corrected chi connectivity index (χ2v) is 9.14. The third-order valence-electron chi connectivity index (χ3n) is 6.03. The Kier molecular flexibility index (Phi) is 5.96. The van der Waals surface area contributed by atoms with Gasteiger partial charge in [-0.3, -0.25) is 4.79 Å². The highest BCUT2D eigenvalue weighted by Gasteiger charge is 2.35. The van der Waals surface area contributed by atoms with Gasteiger partial charge in [0.05, 0.1) is 55.2 Å². The van der Waals surface area contributed by atoms with Crippen LogP contribution in [0.4, 0.5) is 11.4 Å². The summed E-state index contributed by atoms with van der Waals surface area (Å²) in [7, 11) is 4.65. The maximum atomic E-state index is 12.8. The molecule has 0 aliphatic heterocycles. The SMILES string of the molecule is COc1cc(Nc2cc(-n3nc(C)c4c3CC(C)(C)CC4=O)ccc2C#N)cc(OC)c1OC. The van der Waals surface area contributed by atoms with Crippen LogP contribution < -0.4 is 19.5 Å². The van der Waals surface area contributed by atoms with Gasteiger partial charge in [-0.05, 0) is 37.0 Å². The molecular formula is C26H28N4O4. The van der Waals surface area contributed by atoms with Gasteiger partial charge in [-0.2, -0.15) is 10.4 Å². The maximum Gasteiger partial charge on any atom is 0.203 e. The number of carbonyl (C=O) groups excluding carboxylic acids is 1. The molecule has 4 rings (SSSR count). The Morgan fingerprint density at radius 2 is 1.74 bits per heavy atom. The van der Waals surface area contributed by atoms with E-state index in [1.807, 2.05) is 23.7 Å². The van der Waals surface area contributed by atoms with Crippen molar-refractivity contribution in [1.82, 2.24) is 9.78 Å². The number of nitrogens with one attached hydrogen (secondary N) is 1. The van der Waals surface area contributed by atoms with Crippen LogP contribution >= 0.6 is 0 Å². The molecule has 0 unspecified atom stereocenters. The summed E-state index contributed by atoms with van der Waals surface area (Å²) in [6.07, 6.45) is 1.25. The van der Waals surface area contributed by atoms with Crippen molar-refractivity contribution in [2.45, 2.75) is 33.6 Å². The van der Waals surface area contributed by atoms with E-state index in [2.05, 4.69) is 30.3 Å². The van der Waals surface area contributed by atoms with Gasteiger partial charge in [0.25, 0.3) is 0 Å². The van der Waals surface area contributed by atoms with Crippen molar-refractivity contribution >= 4 is 17.2 Å². The summed E-state index contributed by atoms with van der Waals surface area (Å²) in [5.41, 5.74) is 4.69. The number of anilines is 2. The Hall–Kier alpha value is -3.99. The largest absolute Gasteiger partial charge is 0.493 e. The number of nitriles is 1. The number of methoxy groups -OCH3 is 3. The van der Waals surface area contributed by atoms with Crippen LogP contribution in [-0.4, -0.2) is 36.9 Å². The summed E-state index contributed by atoms with van der Waals surface area (Å²) in [5.74, 6) is 1.60. The fourth-order valence-corrected chi connectivity index (χ4v) is 4.53. The van der Waals surface area contributed by atoms with Crippen LogP contribution in [0.2, 0.25) is 0 Å². The van der Waals surface area contributed by atoms with Crippen LogP contribution in [0.15, 0.2) is 30.3 Å². The fraction of sp³-hybridized carbons (Fsp3) is 0.346. The molecule has 0 spiro atoms. The zero-order chi connectivity index (χ0) is 24.6. The van der Waals surface area contributed by atoms with Crippen molar-refractivity contribution in [3.05, 3.63) is 52.8 Å². The number of carbonyl (C=O) groups is 1. The first-order valence-electron chi connectivity index (χ1n) is 10.9. The number of rotatable bonds is 6. The van der Waals surface area contributed by atoms with Crippen molar-refractivity contribution in [3.8, 4) is 29.0 Å². The summed E-state index contributed by atoms with van der Waals surface area (Å²) in [6.45, 7) is 6.05. The standard InChI is InChI=1S/C26H28N4O4/c1-15-24-20(12-26(2,3)13-21(24)31)30(29-15)18-8-7-16(14-27)19(11-18)28-17-9-22(32-4)25(34-6)23(10-17)33-5/h7-11,28H,12-13H2,1-6H3. The molecule has 0 atom stereocenters. The molecule has 0 saturated heterocycles. The van der Waals surface area contributed by atoms with Gasteiger partial charge in [-0.25, -0.2) is 4.68 Å². The van der Waals surface area contributed by atoms with E-state index in [0.29, 0.717) is 46.2 Å². The molecule has 0 radical (unpaired) electrons. The van der Waals surface area contributed by atoms with E-state index in [1.165, 1.54) is 0 Å². The van der Waals surface area contributed by atoms with Crippen molar-refractivity contribution in [3.63, 3.8) is 0 Å². The Morgan fingerprint density at radius 3 is 2.32 bits per heavy atom. The molecule has 0 fully saturated rings. The van der Waals surface area contributed by atoms with Crippen LogP contribution in [0.3, 0.4) is 0 Å². The van der Waals surface area contributed by atoms with Gasteiger partial charge < -0.3 is 19.5 Å². The van der Waals surface area contributed by atoms with E-state index in [1.54, 1.807) is 39.5 Å². The molecule has 0 amide bonds. The Labute approximate surface area is 199 Å². The van der Waals surface area contributed by atoms with E-state index < -0.39 is 0 Å². The van der Waals surface area contributed by atoms with Crippen LogP contribution in [0.1, 0.15) is 47.6 Å². The molecule has 1 aromatic heterocycles. The molecule has 8 nitrogen and oxygen atoms in total. The minimum atomic E-state index is -0.141. The number of hydrogen-bond acceptors (Lipinski definition) is 7. The number of hydrogen-bond donors (Lipinski definition) is 1. The first kappa shape index (κ1) is 23.2. The molecule has 8 heteroatoms. The average Bonchev–Trinajstić information content (AvgIpc) is 3.13. The molecule has 3 aromatic rings. The molecule has 0 saturated carbocycles. The number of ketones is 1. The molecular weight excluding hydrogens is 432 g/mol. The predicted octanol–water partition coefficient (Wildman–Crippen LogP) is 4.98. The van der Waals surface area contributed by atoms with E-state index in [-0.39, 0.29) is 11.2 Å². The van der Waals surface area contributed by atoms with Gasteiger partial charge in [-0.1, -0.05) is 13.8 Å². The zero-order valence-corrected chi connectivity index (χ0v) is 20.3. The lowest BCUT2D eigenvalue weighted by Crippen LogP contribution is -2.28. The summed E-state index contributed by atoms with van der Waals surface area (Å²) in [6, 6.07) is 11.2. The lowest BCUT2D eigenvalue weighted by molar-refractivity contribution is 0.0910. The number of benzene rings is 2. The number of nitrogens with zero attached hydrogens (tertiary/aromatic N) is 3. The van der Waals surface area contributed by atoms with E-state index >= 15 is 0 Å². The minimum Gasteiger partial charge on any atom is -0.493 e. The second kappa shape index (κ2) is 8.75. The summed E-state index contributed by atoms with van der Waals surface area (Å²) >= 11 is 0. The predicted molar refractivity (Wildman–Crippen MR) is 129 cm³/mol. The summed E-state index contributed by atoms with van der Waals surface area (Å²) in [4.78, 5) is 12.8. The van der Waals surface area contributed by atoms with Crippen molar-refractivity contribution in [2.75, 3.05) is 26.6 Å². The third kappa shape index (κ3) is 4.05. The smallest absolute Gasteiger partial charge is 0.203 e. The molecule has 34 heavy (non-hydrogen) atoms. The topological polar surface area (TPSA) is 98.4 Å². The lowest BCUT2D eigenvalue weighted by Gasteiger charge is -2.29. The van der Waals surface area contributed by atoms with Gasteiger partial charge in [0, 0.05) is 24.2 Å². The molecule has 2 aromatic carbocycles. The van der Waals surface area contributed by atoms with E-state index in [0.717, 1.165) is 23.5 Å². The zero-order valence-electron chi connectivity index (χ0n) is 20.3. The Morgan fingerprint density at radius 1 is 1.06 bits per heavy atom. The summed E-state index contributed by atoms with van der Waals surface area (Å²) in [5, 5.41) is 17.7. The second-order valence-electron chi connectivity index (χ2n) is 9.14. The Bertz CT molecular complexity index is 1290. The number of ether oxygens (including phenoxy) is 3. The minimum absolute atomic E-state index is 0.124. The van der Waals surface area contributed by atoms with Crippen LogP contribution in [0.5, 0.6) is 17.2 Å². The number of aryl methyl sites for hydroxylation is 1. The molecule has 1 aliphatic rings. The summed E-state index contributed by atoms with van der Waals surface area (Å²) < 4.78 is 18.1. The van der Waals surface area contributed by atoms with Crippen LogP contribution in [0, 0.1) is 23.7 Å². The quantitative estimate of drug-likeness (QED) is 0.554. The van der Waals surface area contributed by atoms with Crippen LogP contribution in [0.25, 0.3) is 5.69 Å². The first-order valence-corrected chi connectivity index (χ1v) is 10.9. The number of fused-ring (bicyclic) bond motifs is 1. The number of aromatic nitrogens is 2. The number of Topliss-reactive ketones (excluding diaryl/α,β-unsaturated/α-hetero) is 1. The molecule has 176 valence electrons. The average molecular weight is 461 g/mol. The third-order valence-corrected chi connectivity index (χ3v) is 6.03. The van der Waals surface area contributed by atoms with Gasteiger partial charge >= 0.3 is 0 Å². The van der Waals surface area contributed by atoms with Gasteiger partial charge in [0.1, 0.15) is 6.07 Å². The fourth-order valence-electron chi connectivity index (χ4n) is 4.53. The lowest BCUT2D eigenvalue weighted by atomic mass is 9.75. The monoisotopic (exact) mass is 460 g/mol. The van der Waals surface area contributed by atoms with E-state index in [9.17, 15) is 10.1 Å². The van der Waals surface area contributed by atoms with Gasteiger partial charge in [0.15, 0.2) is 17.3 Å². The highest BCUT2D eigenvalue weighted by atomic mass is 16.5. The highest BCUT2D eigenvalue weighted by Crippen LogP contribution is 2.41. The molecule has 1 aliphatic carbocycles.